The SMILES string of the molecule is Cc1sc2nc(SCC(=O)Nc3ccc(Cl)c([N+](=O)[O-])c3)nc(N)c2c1C. The highest BCUT2D eigenvalue weighted by molar-refractivity contribution is 7.99. The van der Waals surface area contributed by atoms with Crippen LogP contribution in [0, 0.1) is 24.0 Å². The molecule has 27 heavy (non-hydrogen) atoms. The molecule has 0 spiro atoms. The summed E-state index contributed by atoms with van der Waals surface area (Å²) in [6, 6.07) is 4.07. The first-order valence-electron chi connectivity index (χ1n) is 7.66. The molecule has 0 aliphatic rings. The van der Waals surface area contributed by atoms with Crippen LogP contribution >= 0.6 is 34.7 Å². The highest BCUT2D eigenvalue weighted by Gasteiger charge is 2.16. The van der Waals surface area contributed by atoms with Gasteiger partial charge in [-0.3, -0.25) is 14.9 Å². The first kappa shape index (κ1) is 19.3. The third kappa shape index (κ3) is 4.12. The molecule has 3 N–H and O–H groups in total. The van der Waals surface area contributed by atoms with E-state index in [1.165, 1.54) is 29.5 Å². The molecule has 3 rings (SSSR count). The van der Waals surface area contributed by atoms with Crippen molar-refractivity contribution in [3.8, 4) is 0 Å². The second kappa shape index (κ2) is 7.67. The maximum Gasteiger partial charge on any atom is 0.289 e. The predicted octanol–water partition coefficient (Wildman–Crippen LogP) is 4.18. The molecule has 140 valence electrons. The van der Waals surface area contributed by atoms with Crippen LogP contribution in [-0.2, 0) is 4.79 Å². The third-order valence-electron chi connectivity index (χ3n) is 3.80. The normalized spacial score (nSPS) is 10.9. The van der Waals surface area contributed by atoms with E-state index in [4.69, 9.17) is 17.3 Å². The highest BCUT2D eigenvalue weighted by Crippen LogP contribution is 2.33. The number of hydrogen-bond donors (Lipinski definition) is 2. The minimum Gasteiger partial charge on any atom is -0.383 e. The number of halogens is 1. The number of fused-ring (bicyclic) bond motifs is 1. The molecule has 0 radical (unpaired) electrons. The van der Waals surface area contributed by atoms with E-state index in [1.54, 1.807) is 0 Å². The van der Waals surface area contributed by atoms with Crippen molar-refractivity contribution in [3.63, 3.8) is 0 Å². The number of nitrogens with two attached hydrogens (primary N) is 1. The van der Waals surface area contributed by atoms with Gasteiger partial charge in [0.2, 0.25) is 5.91 Å². The molecule has 0 fully saturated rings. The van der Waals surface area contributed by atoms with Crippen LogP contribution in [0.2, 0.25) is 5.02 Å². The second-order valence-corrected chi connectivity index (χ2v) is 8.17. The maximum atomic E-state index is 12.1. The van der Waals surface area contributed by atoms with Crippen LogP contribution in [-0.4, -0.2) is 26.6 Å². The number of amides is 1. The van der Waals surface area contributed by atoms with Crippen LogP contribution in [0.1, 0.15) is 10.4 Å². The molecule has 11 heteroatoms. The molecule has 0 aliphatic heterocycles. The van der Waals surface area contributed by atoms with Gasteiger partial charge in [-0.1, -0.05) is 23.4 Å². The fourth-order valence-corrected chi connectivity index (χ4v) is 4.31. The number of benzene rings is 1. The van der Waals surface area contributed by atoms with Crippen molar-refractivity contribution in [2.24, 2.45) is 0 Å². The van der Waals surface area contributed by atoms with Crippen molar-refractivity contribution in [2.75, 3.05) is 16.8 Å². The molecule has 0 bridgehead atoms. The molecule has 1 amide bonds. The molecule has 0 aliphatic carbocycles. The van der Waals surface area contributed by atoms with E-state index in [0.717, 1.165) is 32.4 Å². The summed E-state index contributed by atoms with van der Waals surface area (Å²) < 4.78 is 0. The number of thiophene rings is 1. The lowest BCUT2D eigenvalue weighted by atomic mass is 10.2. The van der Waals surface area contributed by atoms with E-state index in [-0.39, 0.29) is 28.1 Å². The van der Waals surface area contributed by atoms with Gasteiger partial charge in [0.05, 0.1) is 16.1 Å². The van der Waals surface area contributed by atoms with E-state index in [0.29, 0.717) is 11.0 Å². The third-order valence-corrected chi connectivity index (χ3v) is 6.06. The monoisotopic (exact) mass is 423 g/mol. The smallest absolute Gasteiger partial charge is 0.289 e. The van der Waals surface area contributed by atoms with Gasteiger partial charge in [-0.15, -0.1) is 11.3 Å². The fourth-order valence-electron chi connectivity index (χ4n) is 2.38. The number of aromatic nitrogens is 2. The van der Waals surface area contributed by atoms with E-state index in [9.17, 15) is 14.9 Å². The van der Waals surface area contributed by atoms with Gasteiger partial charge in [-0.05, 0) is 31.5 Å². The number of nitrogen functional groups attached to an aromatic ring is 1. The number of nitro groups is 1. The van der Waals surface area contributed by atoms with Gasteiger partial charge in [0.15, 0.2) is 5.16 Å². The van der Waals surface area contributed by atoms with Gasteiger partial charge < -0.3 is 11.1 Å². The number of carbonyl (C=O) groups is 1. The molecule has 2 heterocycles. The second-order valence-electron chi connectivity index (χ2n) is 5.61. The van der Waals surface area contributed by atoms with Crippen molar-refractivity contribution in [1.82, 2.24) is 9.97 Å². The van der Waals surface area contributed by atoms with Crippen LogP contribution < -0.4 is 11.1 Å². The Hall–Kier alpha value is -2.43. The highest BCUT2D eigenvalue weighted by atomic mass is 35.5. The summed E-state index contributed by atoms with van der Waals surface area (Å²) in [7, 11) is 0. The standard InChI is InChI=1S/C16H14ClN5O3S2/c1-7-8(2)27-15-13(7)14(18)20-16(21-15)26-6-12(23)19-9-3-4-10(17)11(5-9)22(24)25/h3-5H,6H2,1-2H3,(H,19,23)(H2,18,20,21). The lowest BCUT2D eigenvalue weighted by molar-refractivity contribution is -0.384. The Morgan fingerprint density at radius 3 is 2.85 bits per heavy atom. The van der Waals surface area contributed by atoms with E-state index in [2.05, 4.69) is 15.3 Å². The number of hydrogen-bond acceptors (Lipinski definition) is 8. The summed E-state index contributed by atoms with van der Waals surface area (Å²) in [5.74, 6) is 0.0700. The summed E-state index contributed by atoms with van der Waals surface area (Å²) in [6.45, 7) is 3.96. The minimum atomic E-state index is -0.608. The molecule has 3 aromatic rings. The summed E-state index contributed by atoms with van der Waals surface area (Å²) >= 11 is 8.42. The van der Waals surface area contributed by atoms with Gasteiger partial charge in [0, 0.05) is 16.6 Å². The van der Waals surface area contributed by atoms with Gasteiger partial charge >= 0.3 is 0 Å². The largest absolute Gasteiger partial charge is 0.383 e. The fraction of sp³-hybridized carbons (Fsp3) is 0.188. The van der Waals surface area contributed by atoms with E-state index in [1.807, 2.05) is 13.8 Å². The zero-order valence-corrected chi connectivity index (χ0v) is 16.7. The molecule has 1 aromatic carbocycles. The Labute approximate surface area is 167 Å². The lowest BCUT2D eigenvalue weighted by Crippen LogP contribution is -2.14. The Morgan fingerprint density at radius 1 is 1.41 bits per heavy atom. The number of carbonyl (C=O) groups excluding carboxylic acids is 1. The van der Waals surface area contributed by atoms with Crippen LogP contribution in [0.3, 0.4) is 0 Å². The Balaban J connectivity index is 1.70. The number of nitro benzene ring substituents is 1. The average Bonchev–Trinajstić information content (AvgIpc) is 2.89. The van der Waals surface area contributed by atoms with Crippen LogP contribution in [0.5, 0.6) is 0 Å². The quantitative estimate of drug-likeness (QED) is 0.273. The minimum absolute atomic E-state index is 0.00564. The first-order valence-corrected chi connectivity index (χ1v) is 9.84. The van der Waals surface area contributed by atoms with Gasteiger partial charge in [0.25, 0.3) is 5.69 Å². The zero-order chi connectivity index (χ0) is 19.7. The topological polar surface area (TPSA) is 124 Å². The molecule has 0 atom stereocenters. The summed E-state index contributed by atoms with van der Waals surface area (Å²) in [6.07, 6.45) is 0. The molecular formula is C16H14ClN5O3S2. The Morgan fingerprint density at radius 2 is 2.15 bits per heavy atom. The molecule has 2 aromatic heterocycles. The van der Waals surface area contributed by atoms with Crippen molar-refractivity contribution in [1.29, 1.82) is 0 Å². The number of nitrogens with one attached hydrogen (secondary N) is 1. The van der Waals surface area contributed by atoms with Crippen molar-refractivity contribution in [2.45, 2.75) is 19.0 Å². The van der Waals surface area contributed by atoms with E-state index < -0.39 is 4.92 Å². The first-order chi connectivity index (χ1) is 12.8. The number of rotatable bonds is 5. The van der Waals surface area contributed by atoms with Crippen molar-refractivity contribution in [3.05, 3.63) is 43.8 Å². The number of nitrogens with zero attached hydrogens (tertiary/aromatic N) is 3. The van der Waals surface area contributed by atoms with Crippen LogP contribution in [0.25, 0.3) is 10.2 Å². The molecule has 0 saturated carbocycles. The van der Waals surface area contributed by atoms with E-state index >= 15 is 0 Å². The number of thioether (sulfide) groups is 1. The van der Waals surface area contributed by atoms with Crippen molar-refractivity contribution >= 4 is 68.0 Å². The maximum absolute atomic E-state index is 12.1. The molecular weight excluding hydrogens is 410 g/mol. The van der Waals surface area contributed by atoms with Crippen molar-refractivity contribution < 1.29 is 9.72 Å². The lowest BCUT2D eigenvalue weighted by Gasteiger charge is -2.06. The van der Waals surface area contributed by atoms with Gasteiger partial charge in [-0.2, -0.15) is 0 Å². The Bertz CT molecular complexity index is 1070. The molecule has 8 nitrogen and oxygen atoms in total. The van der Waals surface area contributed by atoms with Crippen LogP contribution in [0.15, 0.2) is 23.4 Å². The summed E-state index contributed by atoms with van der Waals surface area (Å²) in [4.78, 5) is 33.1. The molecule has 0 unspecified atom stereocenters. The zero-order valence-electron chi connectivity index (χ0n) is 14.3. The summed E-state index contributed by atoms with van der Waals surface area (Å²) in [5.41, 5.74) is 7.10. The molecule has 0 saturated heterocycles. The summed E-state index contributed by atoms with van der Waals surface area (Å²) in [5, 5.41) is 14.8. The van der Waals surface area contributed by atoms with Gasteiger partial charge in [-0.25, -0.2) is 9.97 Å². The number of anilines is 2. The predicted molar refractivity (Wildman–Crippen MR) is 109 cm³/mol. The van der Waals surface area contributed by atoms with Crippen LogP contribution in [0.4, 0.5) is 17.2 Å². The average molecular weight is 424 g/mol. The van der Waals surface area contributed by atoms with Gasteiger partial charge in [0.1, 0.15) is 15.7 Å². The number of aryl methyl sites for hydroxylation is 2. The Kier molecular flexibility index (Phi) is 5.49.